The van der Waals surface area contributed by atoms with Gasteiger partial charge in [0.05, 0.1) is 11.1 Å². The maximum atomic E-state index is 12.8. The van der Waals surface area contributed by atoms with E-state index in [-0.39, 0.29) is 28.0 Å². The first-order chi connectivity index (χ1) is 12.3. The molecule has 0 bridgehead atoms. The number of hydrogen-bond donors (Lipinski definition) is 2. The van der Waals surface area contributed by atoms with Gasteiger partial charge < -0.3 is 14.8 Å². The zero-order valence-corrected chi connectivity index (χ0v) is 16.1. The van der Waals surface area contributed by atoms with Gasteiger partial charge in [-0.25, -0.2) is 0 Å². The van der Waals surface area contributed by atoms with E-state index in [1.807, 2.05) is 0 Å². The molecule has 0 spiro atoms. The average molecular weight is 374 g/mol. The van der Waals surface area contributed by atoms with E-state index < -0.39 is 0 Å². The summed E-state index contributed by atoms with van der Waals surface area (Å²) >= 11 is 6.44. The standard InChI is InChI=1S/C21H24ClNO3/c1-11-4-9-15-14(10-11)17-18(26-21(15,2)3)16(19(22)23-20(17)25)12-5-7-13(24)8-6-12/h5-8,11,14-15,24H,4,9-10H2,1-3H3,(H,23,25)/t11-,14+,15+/m0/s1. The minimum Gasteiger partial charge on any atom is -0.508 e. The molecule has 4 rings (SSSR count). The first kappa shape index (κ1) is 17.5. The number of aromatic hydroxyl groups is 1. The highest BCUT2D eigenvalue weighted by molar-refractivity contribution is 6.32. The van der Waals surface area contributed by atoms with Crippen molar-refractivity contribution in [2.24, 2.45) is 11.8 Å². The van der Waals surface area contributed by atoms with Gasteiger partial charge in [-0.1, -0.05) is 37.1 Å². The number of phenols is 1. The van der Waals surface area contributed by atoms with Crippen LogP contribution in [0, 0.1) is 11.8 Å². The van der Waals surface area contributed by atoms with E-state index in [2.05, 4.69) is 25.8 Å². The zero-order chi connectivity index (χ0) is 18.6. The number of hydrogen-bond acceptors (Lipinski definition) is 3. The van der Waals surface area contributed by atoms with Crippen molar-refractivity contribution in [2.75, 3.05) is 0 Å². The molecule has 0 radical (unpaired) electrons. The molecule has 1 fully saturated rings. The van der Waals surface area contributed by atoms with Crippen LogP contribution in [-0.2, 0) is 0 Å². The molecule has 138 valence electrons. The van der Waals surface area contributed by atoms with E-state index >= 15 is 0 Å². The van der Waals surface area contributed by atoms with Gasteiger partial charge in [0.25, 0.3) is 5.56 Å². The summed E-state index contributed by atoms with van der Waals surface area (Å²) < 4.78 is 6.43. The lowest BCUT2D eigenvalue weighted by molar-refractivity contribution is -0.0137. The van der Waals surface area contributed by atoms with E-state index in [1.165, 1.54) is 6.42 Å². The third kappa shape index (κ3) is 2.71. The second-order valence-electron chi connectivity index (χ2n) is 8.27. The minimum absolute atomic E-state index is 0.146. The van der Waals surface area contributed by atoms with E-state index in [4.69, 9.17) is 16.3 Å². The van der Waals surface area contributed by atoms with Crippen LogP contribution in [0.4, 0.5) is 0 Å². The fraction of sp³-hybridized carbons (Fsp3) is 0.476. The second-order valence-corrected chi connectivity index (χ2v) is 8.65. The van der Waals surface area contributed by atoms with E-state index in [0.29, 0.717) is 23.1 Å². The van der Waals surface area contributed by atoms with Gasteiger partial charge in [0.1, 0.15) is 22.3 Å². The number of rotatable bonds is 1. The number of nitrogens with one attached hydrogen (secondary N) is 1. The first-order valence-electron chi connectivity index (χ1n) is 9.22. The summed E-state index contributed by atoms with van der Waals surface area (Å²) in [4.78, 5) is 15.7. The molecule has 2 aromatic rings. The topological polar surface area (TPSA) is 62.3 Å². The van der Waals surface area contributed by atoms with Crippen LogP contribution in [0.2, 0.25) is 5.15 Å². The number of aromatic amines is 1. The van der Waals surface area contributed by atoms with Crippen LogP contribution < -0.4 is 10.3 Å². The van der Waals surface area contributed by atoms with Crippen LogP contribution in [-0.4, -0.2) is 15.7 Å². The Morgan fingerprint density at radius 3 is 2.62 bits per heavy atom. The molecule has 1 aromatic carbocycles. The van der Waals surface area contributed by atoms with Crippen molar-refractivity contribution in [3.8, 4) is 22.6 Å². The molecule has 2 aliphatic rings. The number of ether oxygens (including phenoxy) is 1. The van der Waals surface area contributed by atoms with Crippen molar-refractivity contribution < 1.29 is 9.84 Å². The quantitative estimate of drug-likeness (QED) is 0.684. The number of phenolic OH excluding ortho intramolecular Hbond substituents is 1. The van der Waals surface area contributed by atoms with Crippen molar-refractivity contribution in [2.45, 2.75) is 51.6 Å². The lowest BCUT2D eigenvalue weighted by Crippen LogP contribution is -2.48. The summed E-state index contributed by atoms with van der Waals surface area (Å²) in [6.45, 7) is 6.47. The minimum atomic E-state index is -0.361. The molecular formula is C21H24ClNO3. The molecule has 1 saturated carbocycles. The highest BCUT2D eigenvalue weighted by Gasteiger charge is 2.48. The van der Waals surface area contributed by atoms with Gasteiger partial charge in [0.2, 0.25) is 0 Å². The lowest BCUT2D eigenvalue weighted by Gasteiger charge is -2.48. The molecule has 3 atom stereocenters. The molecule has 0 amide bonds. The Hall–Kier alpha value is -1.94. The Bertz CT molecular complexity index is 901. The molecule has 2 heterocycles. The lowest BCUT2D eigenvalue weighted by atomic mass is 9.64. The smallest absolute Gasteiger partial charge is 0.256 e. The second kappa shape index (κ2) is 6.05. The molecule has 0 unspecified atom stereocenters. The van der Waals surface area contributed by atoms with Gasteiger partial charge in [0, 0.05) is 5.92 Å². The Morgan fingerprint density at radius 2 is 1.92 bits per heavy atom. The summed E-state index contributed by atoms with van der Waals surface area (Å²) in [5.74, 6) is 1.87. The Labute approximate surface area is 158 Å². The fourth-order valence-electron chi connectivity index (χ4n) is 4.77. The van der Waals surface area contributed by atoms with Crippen LogP contribution in [0.5, 0.6) is 11.5 Å². The van der Waals surface area contributed by atoms with Gasteiger partial charge in [0.15, 0.2) is 0 Å². The molecule has 1 aromatic heterocycles. The number of fused-ring (bicyclic) bond motifs is 3. The first-order valence-corrected chi connectivity index (χ1v) is 9.60. The molecule has 1 aliphatic heterocycles. The third-order valence-electron chi connectivity index (χ3n) is 6.06. The molecule has 26 heavy (non-hydrogen) atoms. The summed E-state index contributed by atoms with van der Waals surface area (Å²) in [5, 5.41) is 9.88. The summed E-state index contributed by atoms with van der Waals surface area (Å²) in [6, 6.07) is 6.81. The fourth-order valence-corrected chi connectivity index (χ4v) is 5.05. The molecule has 5 heteroatoms. The Morgan fingerprint density at radius 1 is 1.23 bits per heavy atom. The number of halogens is 1. The van der Waals surface area contributed by atoms with Crippen molar-refractivity contribution in [1.29, 1.82) is 0 Å². The predicted molar refractivity (Wildman–Crippen MR) is 103 cm³/mol. The molecule has 0 saturated heterocycles. The van der Waals surface area contributed by atoms with Crippen molar-refractivity contribution in [3.05, 3.63) is 45.3 Å². The van der Waals surface area contributed by atoms with E-state index in [0.717, 1.165) is 24.0 Å². The van der Waals surface area contributed by atoms with E-state index in [9.17, 15) is 9.90 Å². The van der Waals surface area contributed by atoms with Crippen LogP contribution in [0.15, 0.2) is 29.1 Å². The van der Waals surface area contributed by atoms with E-state index in [1.54, 1.807) is 24.3 Å². The molecule has 2 N–H and O–H groups in total. The van der Waals surface area contributed by atoms with Gasteiger partial charge in [-0.3, -0.25) is 4.79 Å². The SMILES string of the molecule is C[C@H]1CC[C@@H]2[C@@H](C1)c1c(c(-c3ccc(O)cc3)c(Cl)[nH]c1=O)OC2(C)C. The van der Waals surface area contributed by atoms with Crippen molar-refractivity contribution in [1.82, 2.24) is 4.98 Å². The van der Waals surface area contributed by atoms with Crippen LogP contribution >= 0.6 is 11.6 Å². The zero-order valence-electron chi connectivity index (χ0n) is 15.3. The summed E-state index contributed by atoms with van der Waals surface area (Å²) in [7, 11) is 0. The third-order valence-corrected chi connectivity index (χ3v) is 6.34. The predicted octanol–water partition coefficient (Wildman–Crippen LogP) is 5.09. The Balaban J connectivity index is 1.96. The van der Waals surface area contributed by atoms with Gasteiger partial charge in [-0.05, 0) is 56.2 Å². The normalized spacial score (nSPS) is 26.5. The molecule has 4 nitrogen and oxygen atoms in total. The van der Waals surface area contributed by atoms with Gasteiger partial charge in [-0.2, -0.15) is 0 Å². The highest BCUT2D eigenvalue weighted by atomic mass is 35.5. The van der Waals surface area contributed by atoms with Crippen molar-refractivity contribution >= 4 is 11.6 Å². The van der Waals surface area contributed by atoms with Crippen molar-refractivity contribution in [3.63, 3.8) is 0 Å². The van der Waals surface area contributed by atoms with Crippen LogP contribution in [0.1, 0.15) is 51.5 Å². The van der Waals surface area contributed by atoms with Gasteiger partial charge >= 0.3 is 0 Å². The maximum Gasteiger partial charge on any atom is 0.256 e. The average Bonchev–Trinajstić information content (AvgIpc) is 2.55. The van der Waals surface area contributed by atoms with Crippen LogP contribution in [0.3, 0.4) is 0 Å². The maximum absolute atomic E-state index is 12.8. The number of aromatic nitrogens is 1. The van der Waals surface area contributed by atoms with Crippen LogP contribution in [0.25, 0.3) is 11.1 Å². The monoisotopic (exact) mass is 373 g/mol. The largest absolute Gasteiger partial charge is 0.508 e. The molecular weight excluding hydrogens is 350 g/mol. The number of pyridine rings is 1. The molecule has 1 aliphatic carbocycles. The highest BCUT2D eigenvalue weighted by Crippen LogP contribution is 2.54. The number of benzene rings is 1. The van der Waals surface area contributed by atoms with Gasteiger partial charge in [-0.15, -0.1) is 0 Å². The summed E-state index contributed by atoms with van der Waals surface area (Å²) in [5.41, 5.74) is 1.74. The number of H-pyrrole nitrogens is 1. The Kier molecular flexibility index (Phi) is 4.07. The summed E-state index contributed by atoms with van der Waals surface area (Å²) in [6.07, 6.45) is 3.22.